The van der Waals surface area contributed by atoms with Gasteiger partial charge in [0.1, 0.15) is 18.4 Å². The molecule has 0 saturated heterocycles. The number of nitrogens with zero attached hydrogens (tertiary/aromatic N) is 2. The van der Waals surface area contributed by atoms with Crippen molar-refractivity contribution in [1.29, 1.82) is 0 Å². The lowest BCUT2D eigenvalue weighted by atomic mass is 10.1. The summed E-state index contributed by atoms with van der Waals surface area (Å²) in [5.41, 5.74) is 5.84. The molecule has 2 aromatic carbocycles. The molecule has 7 amide bonds. The van der Waals surface area contributed by atoms with Crippen molar-refractivity contribution in [2.75, 3.05) is 25.0 Å². The average molecular weight is 696 g/mol. The molecule has 2 aromatic rings. The Kier molecular flexibility index (Phi) is 14.9. The first-order chi connectivity index (χ1) is 23.9. The Hall–Kier alpha value is -6.33. The van der Waals surface area contributed by atoms with Crippen molar-refractivity contribution in [1.82, 2.24) is 20.9 Å². The molecule has 0 aromatic heterocycles. The van der Waals surface area contributed by atoms with E-state index in [1.54, 1.807) is 24.3 Å². The highest BCUT2D eigenvalue weighted by Gasteiger charge is 2.23. The zero-order valence-corrected chi connectivity index (χ0v) is 26.9. The largest absolute Gasteiger partial charge is 0.514 e. The van der Waals surface area contributed by atoms with Crippen molar-refractivity contribution < 1.29 is 48.0 Å². The lowest BCUT2D eigenvalue weighted by molar-refractivity contribution is -0.384. The third-order valence-electron chi connectivity index (χ3n) is 7.08. The van der Waals surface area contributed by atoms with Gasteiger partial charge in [0.2, 0.25) is 17.7 Å². The zero-order chi connectivity index (χ0) is 36.5. The maximum Gasteiger partial charge on any atom is 0.514 e. The maximum atomic E-state index is 13.1. The fraction of sp³-hybridized carbons (Fsp3) is 0.344. The molecule has 0 fully saturated rings. The molecule has 18 heteroatoms. The minimum atomic E-state index is -1.03. The van der Waals surface area contributed by atoms with E-state index in [9.17, 15) is 43.7 Å². The number of non-ortho nitro benzene ring substituents is 1. The van der Waals surface area contributed by atoms with Gasteiger partial charge in [-0.2, -0.15) is 0 Å². The molecule has 0 bridgehead atoms. The highest BCUT2D eigenvalue weighted by atomic mass is 16.7. The zero-order valence-electron chi connectivity index (χ0n) is 26.9. The van der Waals surface area contributed by atoms with Gasteiger partial charge < -0.3 is 36.5 Å². The molecule has 1 aliphatic heterocycles. The molecule has 1 atom stereocenters. The fourth-order valence-electron chi connectivity index (χ4n) is 4.50. The number of carbonyl (C=O) groups excluding carboxylic acids is 7. The normalized spacial score (nSPS) is 12.5. The molecule has 6 N–H and O–H groups in total. The van der Waals surface area contributed by atoms with Gasteiger partial charge in [0.25, 0.3) is 17.5 Å². The number of hydrogen-bond donors (Lipinski definition) is 5. The second-order valence-electron chi connectivity index (χ2n) is 10.9. The molecule has 0 saturated carbocycles. The Balaban J connectivity index is 1.42. The Bertz CT molecular complexity index is 1580. The summed E-state index contributed by atoms with van der Waals surface area (Å²) in [7, 11) is 0. The number of nitrogens with one attached hydrogen (secondary N) is 4. The number of primary amides is 1. The number of nitro groups is 1. The van der Waals surface area contributed by atoms with Crippen LogP contribution in [0.5, 0.6) is 5.75 Å². The summed E-state index contributed by atoms with van der Waals surface area (Å²) in [5, 5.41) is 20.9. The van der Waals surface area contributed by atoms with Crippen LogP contribution in [-0.4, -0.2) is 77.2 Å². The molecule has 18 nitrogen and oxygen atoms in total. The Morgan fingerprint density at radius 3 is 2.18 bits per heavy atom. The Labute approximate surface area is 285 Å². The number of amides is 7. The average Bonchev–Trinajstić information content (AvgIpc) is 3.40. The topological polar surface area (TPSA) is 258 Å². The van der Waals surface area contributed by atoms with Crippen molar-refractivity contribution >= 4 is 53.1 Å². The number of nitrogens with two attached hydrogens (primary N) is 1. The minimum absolute atomic E-state index is 0.0610. The smallest absolute Gasteiger partial charge is 0.429 e. The molecular formula is C32H37N7O11. The first-order valence-electron chi connectivity index (χ1n) is 15.5. The van der Waals surface area contributed by atoms with Gasteiger partial charge in [-0.05, 0) is 55.5 Å². The molecule has 266 valence electrons. The molecule has 0 aliphatic carbocycles. The summed E-state index contributed by atoms with van der Waals surface area (Å²) < 4.78 is 10.0. The number of imide groups is 1. The number of hydrogen-bond acceptors (Lipinski definition) is 11. The SMILES string of the molecule is NC(=O)NCCCC(NC(=O)CNC(=O)CCCCCN1C(=O)C=CC1=O)C(=O)Nc1ccc(COC(=O)Oc2ccc([N+](=O)[O-])cc2)cc1. The van der Waals surface area contributed by atoms with Crippen LogP contribution in [0.15, 0.2) is 60.7 Å². The number of unbranched alkanes of at least 4 members (excludes halogenated alkanes) is 2. The summed E-state index contributed by atoms with van der Waals surface area (Å²) in [5.74, 6) is -2.23. The van der Waals surface area contributed by atoms with Gasteiger partial charge in [-0.1, -0.05) is 18.6 Å². The van der Waals surface area contributed by atoms with E-state index < -0.39 is 35.0 Å². The predicted molar refractivity (Wildman–Crippen MR) is 175 cm³/mol. The second-order valence-corrected chi connectivity index (χ2v) is 10.9. The van der Waals surface area contributed by atoms with Crippen LogP contribution in [0, 0.1) is 10.1 Å². The predicted octanol–water partition coefficient (Wildman–Crippen LogP) is 1.78. The standard InChI is InChI=1S/C32H37N7O11/c33-31(45)34-17-4-5-25(37-27(41)19-35-26(40)6-2-1-3-18-38-28(42)15-16-29(38)43)30(44)36-22-9-7-21(8-10-22)20-49-32(46)50-24-13-11-23(12-14-24)39(47)48/h7-16,25H,1-6,17-20H2,(H,35,40)(H,36,44)(H,37,41)(H3,33,34,45). The van der Waals surface area contributed by atoms with E-state index in [1.165, 1.54) is 36.4 Å². The van der Waals surface area contributed by atoms with Crippen LogP contribution >= 0.6 is 0 Å². The third-order valence-corrected chi connectivity index (χ3v) is 7.08. The van der Waals surface area contributed by atoms with Gasteiger partial charge in [0.05, 0.1) is 11.5 Å². The monoisotopic (exact) mass is 695 g/mol. The number of nitro benzene ring substituents is 1. The molecule has 3 rings (SSSR count). The van der Waals surface area contributed by atoms with Gasteiger partial charge in [0.15, 0.2) is 0 Å². The van der Waals surface area contributed by atoms with Crippen molar-refractivity contribution in [2.45, 2.75) is 51.2 Å². The summed E-state index contributed by atoms with van der Waals surface area (Å²) in [4.78, 5) is 95.4. The number of carbonyl (C=O) groups is 7. The number of ether oxygens (including phenoxy) is 2. The second kappa shape index (κ2) is 19.5. The van der Waals surface area contributed by atoms with E-state index in [0.717, 1.165) is 4.90 Å². The molecule has 1 aliphatic rings. The van der Waals surface area contributed by atoms with Gasteiger partial charge in [-0.25, -0.2) is 9.59 Å². The van der Waals surface area contributed by atoms with Gasteiger partial charge in [-0.15, -0.1) is 0 Å². The molecule has 0 spiro atoms. The molecule has 50 heavy (non-hydrogen) atoms. The van der Waals surface area contributed by atoms with Crippen LogP contribution in [0.2, 0.25) is 0 Å². The third kappa shape index (κ3) is 13.4. The van der Waals surface area contributed by atoms with Gasteiger partial charge in [0, 0.05) is 49.5 Å². The number of rotatable bonds is 19. The van der Waals surface area contributed by atoms with E-state index in [-0.39, 0.29) is 68.2 Å². The van der Waals surface area contributed by atoms with Crippen LogP contribution in [0.25, 0.3) is 0 Å². The van der Waals surface area contributed by atoms with Gasteiger partial charge >= 0.3 is 12.2 Å². The van der Waals surface area contributed by atoms with Crippen LogP contribution in [0.1, 0.15) is 44.1 Å². The van der Waals surface area contributed by atoms with Crippen LogP contribution in [-0.2, 0) is 35.3 Å². The van der Waals surface area contributed by atoms with Crippen molar-refractivity contribution in [3.8, 4) is 5.75 Å². The highest BCUT2D eigenvalue weighted by molar-refractivity contribution is 6.12. The summed E-state index contributed by atoms with van der Waals surface area (Å²) in [6.45, 7) is -0.138. The van der Waals surface area contributed by atoms with E-state index in [2.05, 4.69) is 21.3 Å². The quantitative estimate of drug-likeness (QED) is 0.0353. The van der Waals surface area contributed by atoms with Gasteiger partial charge in [-0.3, -0.25) is 39.0 Å². The van der Waals surface area contributed by atoms with E-state index in [4.69, 9.17) is 15.2 Å². The Morgan fingerprint density at radius 2 is 1.54 bits per heavy atom. The number of urea groups is 1. The summed E-state index contributed by atoms with van der Waals surface area (Å²) in [6, 6.07) is 9.35. The highest BCUT2D eigenvalue weighted by Crippen LogP contribution is 2.18. The first-order valence-corrected chi connectivity index (χ1v) is 15.5. The number of benzene rings is 2. The van der Waals surface area contributed by atoms with E-state index in [1.807, 2.05) is 0 Å². The molecule has 1 unspecified atom stereocenters. The molecule has 0 radical (unpaired) electrons. The number of anilines is 1. The van der Waals surface area contributed by atoms with E-state index >= 15 is 0 Å². The lowest BCUT2D eigenvalue weighted by Crippen LogP contribution is -2.47. The Morgan fingerprint density at radius 1 is 0.860 bits per heavy atom. The first kappa shape index (κ1) is 38.1. The van der Waals surface area contributed by atoms with Crippen LogP contribution in [0.4, 0.5) is 21.0 Å². The summed E-state index contributed by atoms with van der Waals surface area (Å²) in [6.07, 6.45) is 3.54. The van der Waals surface area contributed by atoms with Crippen LogP contribution in [0.3, 0.4) is 0 Å². The fourth-order valence-corrected chi connectivity index (χ4v) is 4.50. The maximum absolute atomic E-state index is 13.1. The van der Waals surface area contributed by atoms with Crippen LogP contribution < -0.4 is 31.7 Å². The lowest BCUT2D eigenvalue weighted by Gasteiger charge is -2.19. The van der Waals surface area contributed by atoms with E-state index in [0.29, 0.717) is 36.9 Å². The van der Waals surface area contributed by atoms with Crippen molar-refractivity contribution in [3.63, 3.8) is 0 Å². The molecule has 1 heterocycles. The van der Waals surface area contributed by atoms with Crippen molar-refractivity contribution in [2.24, 2.45) is 5.73 Å². The summed E-state index contributed by atoms with van der Waals surface area (Å²) >= 11 is 0. The molecular weight excluding hydrogens is 658 g/mol. The minimum Gasteiger partial charge on any atom is -0.429 e. The van der Waals surface area contributed by atoms with Crippen molar-refractivity contribution in [3.05, 3.63) is 76.4 Å².